The second kappa shape index (κ2) is 6.22. The highest BCUT2D eigenvalue weighted by Crippen LogP contribution is 2.27. The van der Waals surface area contributed by atoms with Crippen LogP contribution >= 0.6 is 0 Å². The standard InChI is InChI=1S/C15H27N3O3/c1-15(2,3)17-10-4-6-11(7-5-10)18-9-8-12(13(18)19)16-14(20)21/h10-12,16-17H,4-9H2,1-3H3,(H,20,21)/t10?,11?,12-/m0/s1. The zero-order valence-electron chi connectivity index (χ0n) is 13.2. The maximum absolute atomic E-state index is 12.2. The number of nitrogens with zero attached hydrogens (tertiary/aromatic N) is 1. The van der Waals surface area contributed by atoms with Crippen LogP contribution in [0.4, 0.5) is 4.79 Å². The summed E-state index contributed by atoms with van der Waals surface area (Å²) in [5.41, 5.74) is 0.122. The van der Waals surface area contributed by atoms with Crippen molar-refractivity contribution in [2.45, 2.75) is 76.5 Å². The van der Waals surface area contributed by atoms with Gasteiger partial charge in [0.2, 0.25) is 5.91 Å². The predicted octanol–water partition coefficient (Wildman–Crippen LogP) is 1.55. The molecule has 0 aromatic carbocycles. The lowest BCUT2D eigenvalue weighted by Gasteiger charge is -2.37. The minimum absolute atomic E-state index is 0.0513. The fraction of sp³-hybridized carbons (Fsp3) is 0.867. The molecule has 0 bridgehead atoms. The first-order chi connectivity index (χ1) is 9.76. The smallest absolute Gasteiger partial charge is 0.405 e. The van der Waals surface area contributed by atoms with Crippen molar-refractivity contribution in [1.29, 1.82) is 0 Å². The fourth-order valence-electron chi connectivity index (χ4n) is 3.49. The summed E-state index contributed by atoms with van der Waals surface area (Å²) < 4.78 is 0. The lowest BCUT2D eigenvalue weighted by atomic mass is 9.89. The van der Waals surface area contributed by atoms with Gasteiger partial charge in [0.05, 0.1) is 0 Å². The second-order valence-corrected chi connectivity index (χ2v) is 7.22. The molecule has 1 aliphatic carbocycles. The Morgan fingerprint density at radius 3 is 2.33 bits per heavy atom. The molecule has 0 spiro atoms. The first kappa shape index (κ1) is 16.1. The van der Waals surface area contributed by atoms with E-state index in [0.29, 0.717) is 19.0 Å². The SMILES string of the molecule is CC(C)(C)NC1CCC(N2CC[C@H](NC(=O)O)C2=O)CC1. The second-order valence-electron chi connectivity index (χ2n) is 7.22. The van der Waals surface area contributed by atoms with Gasteiger partial charge in [0.25, 0.3) is 0 Å². The number of amides is 2. The van der Waals surface area contributed by atoms with Crippen LogP contribution in [0.3, 0.4) is 0 Å². The Balaban J connectivity index is 1.83. The predicted molar refractivity (Wildman–Crippen MR) is 80.2 cm³/mol. The van der Waals surface area contributed by atoms with Crippen molar-refractivity contribution in [3.8, 4) is 0 Å². The van der Waals surface area contributed by atoms with E-state index in [9.17, 15) is 9.59 Å². The average molecular weight is 297 g/mol. The van der Waals surface area contributed by atoms with Gasteiger partial charge in [-0.15, -0.1) is 0 Å². The average Bonchev–Trinajstić information content (AvgIpc) is 2.70. The molecule has 6 nitrogen and oxygen atoms in total. The number of carboxylic acid groups (broad SMARTS) is 1. The van der Waals surface area contributed by atoms with Gasteiger partial charge in [-0.25, -0.2) is 4.79 Å². The summed E-state index contributed by atoms with van der Waals surface area (Å²) in [6, 6.07) is 0.246. The van der Waals surface area contributed by atoms with Gasteiger partial charge in [-0.3, -0.25) is 4.79 Å². The molecule has 1 saturated carbocycles. The zero-order chi connectivity index (χ0) is 15.6. The Morgan fingerprint density at radius 1 is 1.19 bits per heavy atom. The molecule has 120 valence electrons. The van der Waals surface area contributed by atoms with Gasteiger partial charge in [-0.05, 0) is 52.9 Å². The van der Waals surface area contributed by atoms with Crippen LogP contribution < -0.4 is 10.6 Å². The van der Waals surface area contributed by atoms with E-state index in [2.05, 4.69) is 31.4 Å². The number of carbonyl (C=O) groups is 2. The van der Waals surface area contributed by atoms with Crippen molar-refractivity contribution in [3.05, 3.63) is 0 Å². The Hall–Kier alpha value is -1.30. The van der Waals surface area contributed by atoms with Crippen LogP contribution in [-0.4, -0.2) is 52.2 Å². The number of hydrogen-bond acceptors (Lipinski definition) is 3. The third-order valence-corrected chi connectivity index (χ3v) is 4.31. The van der Waals surface area contributed by atoms with Crippen LogP contribution in [0.15, 0.2) is 0 Å². The molecule has 2 rings (SSSR count). The number of rotatable bonds is 3. The summed E-state index contributed by atoms with van der Waals surface area (Å²) in [5.74, 6) is -0.0513. The summed E-state index contributed by atoms with van der Waals surface area (Å²) in [4.78, 5) is 24.8. The van der Waals surface area contributed by atoms with E-state index in [0.717, 1.165) is 25.7 Å². The van der Waals surface area contributed by atoms with Crippen LogP contribution in [0, 0.1) is 0 Å². The van der Waals surface area contributed by atoms with Crippen LogP contribution in [0.2, 0.25) is 0 Å². The highest BCUT2D eigenvalue weighted by Gasteiger charge is 2.38. The number of carbonyl (C=O) groups excluding carboxylic acids is 1. The largest absolute Gasteiger partial charge is 0.465 e. The molecule has 6 heteroatoms. The Kier molecular flexibility index (Phi) is 4.76. The van der Waals surface area contributed by atoms with Crippen molar-refractivity contribution in [2.24, 2.45) is 0 Å². The molecule has 3 N–H and O–H groups in total. The van der Waals surface area contributed by atoms with Crippen molar-refractivity contribution < 1.29 is 14.7 Å². The molecule has 2 amide bonds. The van der Waals surface area contributed by atoms with Crippen molar-refractivity contribution in [1.82, 2.24) is 15.5 Å². The third kappa shape index (κ3) is 4.33. The van der Waals surface area contributed by atoms with Crippen LogP contribution in [0.25, 0.3) is 0 Å². The highest BCUT2D eigenvalue weighted by molar-refractivity contribution is 5.87. The van der Waals surface area contributed by atoms with Crippen molar-refractivity contribution in [3.63, 3.8) is 0 Å². The molecule has 0 unspecified atom stereocenters. The van der Waals surface area contributed by atoms with Gasteiger partial charge in [-0.2, -0.15) is 0 Å². The van der Waals surface area contributed by atoms with Crippen molar-refractivity contribution >= 4 is 12.0 Å². The number of hydrogen-bond donors (Lipinski definition) is 3. The molecular weight excluding hydrogens is 270 g/mol. The minimum Gasteiger partial charge on any atom is -0.465 e. The molecule has 1 aliphatic heterocycles. The lowest BCUT2D eigenvalue weighted by Crippen LogP contribution is -2.49. The molecule has 0 aromatic heterocycles. The van der Waals surface area contributed by atoms with E-state index < -0.39 is 12.1 Å². The first-order valence-corrected chi connectivity index (χ1v) is 7.84. The topological polar surface area (TPSA) is 81.7 Å². The van der Waals surface area contributed by atoms with E-state index in [-0.39, 0.29) is 17.5 Å². The van der Waals surface area contributed by atoms with E-state index in [1.165, 1.54) is 0 Å². The Bertz CT molecular complexity index is 397. The van der Waals surface area contributed by atoms with Crippen LogP contribution in [-0.2, 0) is 4.79 Å². The molecule has 1 saturated heterocycles. The number of likely N-dealkylation sites (tertiary alicyclic amines) is 1. The lowest BCUT2D eigenvalue weighted by molar-refractivity contribution is -0.131. The highest BCUT2D eigenvalue weighted by atomic mass is 16.4. The zero-order valence-corrected chi connectivity index (χ0v) is 13.2. The Morgan fingerprint density at radius 2 is 1.81 bits per heavy atom. The van der Waals surface area contributed by atoms with Gasteiger partial charge in [-0.1, -0.05) is 0 Å². The van der Waals surface area contributed by atoms with Gasteiger partial charge >= 0.3 is 6.09 Å². The molecule has 21 heavy (non-hydrogen) atoms. The monoisotopic (exact) mass is 297 g/mol. The summed E-state index contributed by atoms with van der Waals surface area (Å²) in [6.07, 6.45) is 3.61. The minimum atomic E-state index is -1.12. The maximum Gasteiger partial charge on any atom is 0.405 e. The molecule has 0 aromatic rings. The first-order valence-electron chi connectivity index (χ1n) is 7.84. The van der Waals surface area contributed by atoms with Crippen molar-refractivity contribution in [2.75, 3.05) is 6.54 Å². The molecule has 0 radical (unpaired) electrons. The van der Waals surface area contributed by atoms with Gasteiger partial charge < -0.3 is 20.6 Å². The van der Waals surface area contributed by atoms with Gasteiger partial charge in [0.15, 0.2) is 0 Å². The maximum atomic E-state index is 12.2. The molecule has 2 aliphatic rings. The van der Waals surface area contributed by atoms with Crippen LogP contribution in [0.1, 0.15) is 52.9 Å². The summed E-state index contributed by atoms with van der Waals surface area (Å²) in [7, 11) is 0. The summed E-state index contributed by atoms with van der Waals surface area (Å²) in [5, 5.41) is 14.7. The normalized spacial score (nSPS) is 30.5. The van der Waals surface area contributed by atoms with E-state index in [4.69, 9.17) is 5.11 Å². The third-order valence-electron chi connectivity index (χ3n) is 4.31. The summed E-state index contributed by atoms with van der Waals surface area (Å²) >= 11 is 0. The number of nitrogens with one attached hydrogen (secondary N) is 2. The molecule has 2 fully saturated rings. The molecule has 1 atom stereocenters. The van der Waals surface area contributed by atoms with Crippen LogP contribution in [0.5, 0.6) is 0 Å². The van der Waals surface area contributed by atoms with Gasteiger partial charge in [0.1, 0.15) is 6.04 Å². The van der Waals surface area contributed by atoms with E-state index in [1.54, 1.807) is 0 Å². The molecular formula is C15H27N3O3. The quantitative estimate of drug-likeness (QED) is 0.738. The van der Waals surface area contributed by atoms with Gasteiger partial charge in [0, 0.05) is 24.2 Å². The summed E-state index contributed by atoms with van der Waals surface area (Å²) in [6.45, 7) is 7.19. The Labute approximate surface area is 126 Å². The molecule has 1 heterocycles. The van der Waals surface area contributed by atoms with E-state index >= 15 is 0 Å². The fourth-order valence-corrected chi connectivity index (χ4v) is 3.49. The van der Waals surface area contributed by atoms with E-state index in [1.807, 2.05) is 4.90 Å².